The SMILES string of the molecule is CNc1ccc2c(NC)noc2c1. The molecule has 1 aromatic heterocycles. The van der Waals surface area contributed by atoms with Crippen LogP contribution in [0.2, 0.25) is 0 Å². The Hall–Kier alpha value is -1.71. The lowest BCUT2D eigenvalue weighted by Crippen LogP contribution is -1.88. The summed E-state index contributed by atoms with van der Waals surface area (Å²) < 4.78 is 5.13. The van der Waals surface area contributed by atoms with Gasteiger partial charge < -0.3 is 15.2 Å². The van der Waals surface area contributed by atoms with Gasteiger partial charge in [-0.3, -0.25) is 0 Å². The number of benzene rings is 1. The van der Waals surface area contributed by atoms with Crippen LogP contribution in [0.25, 0.3) is 11.0 Å². The van der Waals surface area contributed by atoms with Crippen molar-refractivity contribution in [2.24, 2.45) is 0 Å². The maximum absolute atomic E-state index is 5.13. The maximum atomic E-state index is 5.13. The molecule has 4 heteroatoms. The first-order chi connectivity index (χ1) is 6.35. The van der Waals surface area contributed by atoms with E-state index in [0.29, 0.717) is 0 Å². The minimum absolute atomic E-state index is 0.776. The van der Waals surface area contributed by atoms with Gasteiger partial charge in [0.05, 0.1) is 5.39 Å². The molecular formula is C9H11N3O. The summed E-state index contributed by atoms with van der Waals surface area (Å²) in [6, 6.07) is 5.88. The topological polar surface area (TPSA) is 50.1 Å². The number of nitrogens with zero attached hydrogens (tertiary/aromatic N) is 1. The van der Waals surface area contributed by atoms with E-state index in [1.54, 1.807) is 0 Å². The highest BCUT2D eigenvalue weighted by atomic mass is 16.5. The molecule has 0 atom stereocenters. The molecule has 0 amide bonds. The van der Waals surface area contributed by atoms with Crippen molar-refractivity contribution in [3.05, 3.63) is 18.2 Å². The van der Waals surface area contributed by atoms with Gasteiger partial charge in [-0.1, -0.05) is 5.16 Å². The van der Waals surface area contributed by atoms with E-state index in [4.69, 9.17) is 4.52 Å². The molecular weight excluding hydrogens is 166 g/mol. The lowest BCUT2D eigenvalue weighted by molar-refractivity contribution is 0.460. The summed E-state index contributed by atoms with van der Waals surface area (Å²) >= 11 is 0. The quantitative estimate of drug-likeness (QED) is 0.735. The summed E-state index contributed by atoms with van der Waals surface area (Å²) in [6.45, 7) is 0. The fraction of sp³-hybridized carbons (Fsp3) is 0.222. The Kier molecular flexibility index (Phi) is 1.81. The minimum Gasteiger partial charge on any atom is -0.388 e. The van der Waals surface area contributed by atoms with Gasteiger partial charge in [-0.2, -0.15) is 0 Å². The summed E-state index contributed by atoms with van der Waals surface area (Å²) in [4.78, 5) is 0. The number of anilines is 2. The van der Waals surface area contributed by atoms with E-state index in [2.05, 4.69) is 15.8 Å². The van der Waals surface area contributed by atoms with Crippen molar-refractivity contribution in [2.45, 2.75) is 0 Å². The van der Waals surface area contributed by atoms with E-state index in [0.717, 1.165) is 22.5 Å². The number of hydrogen-bond donors (Lipinski definition) is 2. The third-order valence-electron chi connectivity index (χ3n) is 2.00. The predicted octanol–water partition coefficient (Wildman–Crippen LogP) is 1.91. The van der Waals surface area contributed by atoms with Crippen molar-refractivity contribution >= 4 is 22.5 Å². The van der Waals surface area contributed by atoms with E-state index in [1.807, 2.05) is 32.3 Å². The molecule has 0 fully saturated rings. The number of nitrogens with one attached hydrogen (secondary N) is 2. The molecule has 1 heterocycles. The molecule has 0 saturated heterocycles. The van der Waals surface area contributed by atoms with Gasteiger partial charge in [0.1, 0.15) is 0 Å². The van der Waals surface area contributed by atoms with Crippen LogP contribution in [0.3, 0.4) is 0 Å². The van der Waals surface area contributed by atoms with Crippen LogP contribution in [-0.2, 0) is 0 Å². The lowest BCUT2D eigenvalue weighted by atomic mass is 10.2. The summed E-state index contributed by atoms with van der Waals surface area (Å²) in [5.41, 5.74) is 1.81. The van der Waals surface area contributed by atoms with E-state index in [9.17, 15) is 0 Å². The minimum atomic E-state index is 0.776. The van der Waals surface area contributed by atoms with Crippen LogP contribution in [0.1, 0.15) is 0 Å². The molecule has 0 spiro atoms. The van der Waals surface area contributed by atoms with Crippen molar-refractivity contribution in [1.82, 2.24) is 5.16 Å². The molecule has 0 saturated carbocycles. The lowest BCUT2D eigenvalue weighted by Gasteiger charge is -1.97. The third kappa shape index (κ3) is 1.20. The van der Waals surface area contributed by atoms with E-state index < -0.39 is 0 Å². The molecule has 0 unspecified atom stereocenters. The molecule has 0 aliphatic heterocycles. The first-order valence-corrected chi connectivity index (χ1v) is 4.10. The fourth-order valence-corrected chi connectivity index (χ4v) is 1.27. The van der Waals surface area contributed by atoms with Gasteiger partial charge in [-0.05, 0) is 12.1 Å². The predicted molar refractivity (Wildman–Crippen MR) is 53.1 cm³/mol. The van der Waals surface area contributed by atoms with E-state index >= 15 is 0 Å². The van der Waals surface area contributed by atoms with Crippen molar-refractivity contribution in [3.63, 3.8) is 0 Å². The second-order valence-electron chi connectivity index (χ2n) is 2.74. The van der Waals surface area contributed by atoms with Crippen LogP contribution in [0, 0.1) is 0 Å². The number of aromatic nitrogens is 1. The molecule has 68 valence electrons. The molecule has 1 aromatic carbocycles. The zero-order valence-corrected chi connectivity index (χ0v) is 7.59. The van der Waals surface area contributed by atoms with Crippen LogP contribution in [0.15, 0.2) is 22.7 Å². The summed E-state index contributed by atoms with van der Waals surface area (Å²) in [5, 5.41) is 10.9. The molecule has 4 nitrogen and oxygen atoms in total. The number of rotatable bonds is 2. The van der Waals surface area contributed by atoms with Gasteiger partial charge in [0.15, 0.2) is 11.4 Å². The van der Waals surface area contributed by atoms with Crippen LogP contribution < -0.4 is 10.6 Å². The molecule has 2 aromatic rings. The van der Waals surface area contributed by atoms with Gasteiger partial charge >= 0.3 is 0 Å². The highest BCUT2D eigenvalue weighted by Crippen LogP contribution is 2.24. The summed E-state index contributed by atoms with van der Waals surface area (Å²) in [7, 11) is 3.69. The van der Waals surface area contributed by atoms with Crippen LogP contribution in [-0.4, -0.2) is 19.3 Å². The van der Waals surface area contributed by atoms with Crippen molar-refractivity contribution in [2.75, 3.05) is 24.7 Å². The van der Waals surface area contributed by atoms with Gasteiger partial charge in [-0.25, -0.2) is 0 Å². The van der Waals surface area contributed by atoms with Gasteiger partial charge in [0.25, 0.3) is 0 Å². The Labute approximate surface area is 75.9 Å². The van der Waals surface area contributed by atoms with Crippen LogP contribution in [0.4, 0.5) is 11.5 Å². The van der Waals surface area contributed by atoms with Crippen LogP contribution in [0.5, 0.6) is 0 Å². The zero-order chi connectivity index (χ0) is 9.26. The second kappa shape index (κ2) is 2.97. The van der Waals surface area contributed by atoms with Crippen molar-refractivity contribution in [3.8, 4) is 0 Å². The Morgan fingerprint density at radius 1 is 1.23 bits per heavy atom. The summed E-state index contributed by atoms with van der Waals surface area (Å²) in [5.74, 6) is 0.776. The Morgan fingerprint density at radius 2 is 2.08 bits per heavy atom. The van der Waals surface area contributed by atoms with Crippen molar-refractivity contribution in [1.29, 1.82) is 0 Å². The smallest absolute Gasteiger partial charge is 0.177 e. The first-order valence-electron chi connectivity index (χ1n) is 4.10. The monoisotopic (exact) mass is 177 g/mol. The summed E-state index contributed by atoms with van der Waals surface area (Å²) in [6.07, 6.45) is 0. The average molecular weight is 177 g/mol. The van der Waals surface area contributed by atoms with Crippen molar-refractivity contribution < 1.29 is 4.52 Å². The van der Waals surface area contributed by atoms with Crippen LogP contribution >= 0.6 is 0 Å². The largest absolute Gasteiger partial charge is 0.388 e. The Bertz CT molecular complexity index is 422. The normalized spacial score (nSPS) is 10.3. The third-order valence-corrected chi connectivity index (χ3v) is 2.00. The molecule has 0 bridgehead atoms. The molecule has 0 radical (unpaired) electrons. The zero-order valence-electron chi connectivity index (χ0n) is 7.59. The molecule has 0 aliphatic carbocycles. The first kappa shape index (κ1) is 7.91. The Balaban J connectivity index is 2.61. The number of hydrogen-bond acceptors (Lipinski definition) is 4. The molecule has 2 N–H and O–H groups in total. The van der Waals surface area contributed by atoms with Gasteiger partial charge in [-0.15, -0.1) is 0 Å². The maximum Gasteiger partial charge on any atom is 0.177 e. The average Bonchev–Trinajstić information content (AvgIpc) is 2.59. The van der Waals surface area contributed by atoms with Gasteiger partial charge in [0.2, 0.25) is 0 Å². The Morgan fingerprint density at radius 3 is 2.77 bits per heavy atom. The fourth-order valence-electron chi connectivity index (χ4n) is 1.27. The number of fused-ring (bicyclic) bond motifs is 1. The highest BCUT2D eigenvalue weighted by molar-refractivity contribution is 5.90. The second-order valence-corrected chi connectivity index (χ2v) is 2.74. The standard InChI is InChI=1S/C9H11N3O/c1-10-6-3-4-7-8(5-6)13-12-9(7)11-2/h3-5,10H,1-2H3,(H,11,12). The van der Waals surface area contributed by atoms with Gasteiger partial charge in [0, 0.05) is 25.8 Å². The molecule has 0 aliphatic rings. The highest BCUT2D eigenvalue weighted by Gasteiger charge is 2.05. The van der Waals surface area contributed by atoms with E-state index in [1.165, 1.54) is 0 Å². The molecule has 13 heavy (non-hydrogen) atoms. The van der Waals surface area contributed by atoms with E-state index in [-0.39, 0.29) is 0 Å². The molecule has 2 rings (SSSR count).